The highest BCUT2D eigenvalue weighted by molar-refractivity contribution is 6.16. The molecule has 0 saturated carbocycles. The van der Waals surface area contributed by atoms with Gasteiger partial charge in [0.2, 0.25) is 0 Å². The number of hydrogen-bond acceptors (Lipinski definition) is 0. The second kappa shape index (κ2) is 11.6. The molecule has 252 valence electrons. The van der Waals surface area contributed by atoms with Gasteiger partial charge in [0, 0.05) is 21.6 Å². The Morgan fingerprint density at radius 3 is 1.94 bits per heavy atom. The van der Waals surface area contributed by atoms with E-state index < -0.39 is 0 Å². The fourth-order valence-corrected chi connectivity index (χ4v) is 9.13. The zero-order chi connectivity index (χ0) is 35.9. The van der Waals surface area contributed by atoms with Crippen molar-refractivity contribution in [1.82, 2.24) is 4.57 Å². The third-order valence-electron chi connectivity index (χ3n) is 11.8. The number of fused-ring (bicyclic) bond motifs is 1. The van der Waals surface area contributed by atoms with Crippen LogP contribution in [-0.4, -0.2) is 4.57 Å². The van der Waals surface area contributed by atoms with Gasteiger partial charge in [0.15, 0.2) is 0 Å². The van der Waals surface area contributed by atoms with Gasteiger partial charge < -0.3 is 4.57 Å². The molecule has 0 amide bonds. The Balaban J connectivity index is 1.51. The molecule has 0 bridgehead atoms. The van der Waals surface area contributed by atoms with Crippen LogP contribution in [0.5, 0.6) is 0 Å². The molecule has 1 nitrogen and oxygen atoms in total. The Morgan fingerprint density at radius 1 is 0.615 bits per heavy atom. The zero-order valence-corrected chi connectivity index (χ0v) is 30.7. The van der Waals surface area contributed by atoms with E-state index in [4.69, 9.17) is 0 Å². The highest BCUT2D eigenvalue weighted by atomic mass is 15.0. The molecule has 0 spiro atoms. The van der Waals surface area contributed by atoms with E-state index in [2.05, 4.69) is 180 Å². The van der Waals surface area contributed by atoms with Crippen molar-refractivity contribution in [2.45, 2.75) is 45.4 Å². The summed E-state index contributed by atoms with van der Waals surface area (Å²) < 4.78 is 2.63. The summed E-state index contributed by atoms with van der Waals surface area (Å²) in [5.74, 6) is 0. The third-order valence-corrected chi connectivity index (χ3v) is 11.8. The fraction of sp³-hybridized carbons (Fsp3) is 0.137. The van der Waals surface area contributed by atoms with Crippen LogP contribution in [0.2, 0.25) is 0 Å². The lowest BCUT2D eigenvalue weighted by Crippen LogP contribution is -2.33. The normalized spacial score (nSPS) is 16.0. The van der Waals surface area contributed by atoms with Crippen LogP contribution in [0.3, 0.4) is 0 Å². The predicted octanol–water partition coefficient (Wildman–Crippen LogP) is 11.4. The summed E-state index contributed by atoms with van der Waals surface area (Å²) in [5, 5.41) is 4.95. The van der Waals surface area contributed by atoms with Crippen molar-refractivity contribution < 1.29 is 0 Å². The van der Waals surface area contributed by atoms with Crippen LogP contribution in [0.4, 0.5) is 0 Å². The largest absolute Gasteiger partial charge is 0.308 e. The quantitative estimate of drug-likeness (QED) is 0.155. The van der Waals surface area contributed by atoms with Crippen molar-refractivity contribution in [1.29, 1.82) is 0 Å². The maximum atomic E-state index is 4.10. The first-order valence-electron chi connectivity index (χ1n) is 18.3. The van der Waals surface area contributed by atoms with Crippen LogP contribution in [0, 0.1) is 6.92 Å². The first kappa shape index (κ1) is 32.0. The van der Waals surface area contributed by atoms with E-state index in [1.807, 2.05) is 18.2 Å². The van der Waals surface area contributed by atoms with Gasteiger partial charge in [-0.25, -0.2) is 0 Å². The number of aryl methyl sites for hydroxylation is 1. The van der Waals surface area contributed by atoms with Gasteiger partial charge in [-0.05, 0) is 109 Å². The molecule has 9 rings (SSSR count). The van der Waals surface area contributed by atoms with Gasteiger partial charge >= 0.3 is 0 Å². The molecule has 0 unspecified atom stereocenters. The molecule has 2 aliphatic heterocycles. The molecule has 2 aliphatic rings. The van der Waals surface area contributed by atoms with Crippen LogP contribution in [0.1, 0.15) is 66.6 Å². The van der Waals surface area contributed by atoms with E-state index in [-0.39, 0.29) is 10.8 Å². The second-order valence-corrected chi connectivity index (χ2v) is 15.5. The molecule has 0 saturated heterocycles. The van der Waals surface area contributed by atoms with Gasteiger partial charge in [0.25, 0.3) is 0 Å². The molecule has 0 radical (unpaired) electrons. The highest BCUT2D eigenvalue weighted by Crippen LogP contribution is 2.56. The van der Waals surface area contributed by atoms with Crippen LogP contribution < -0.4 is 10.4 Å². The lowest BCUT2D eigenvalue weighted by molar-refractivity contribution is 0.593. The Kier molecular flexibility index (Phi) is 7.11. The summed E-state index contributed by atoms with van der Waals surface area (Å²) in [5.41, 5.74) is 17.6. The summed E-state index contributed by atoms with van der Waals surface area (Å²) in [6.45, 7) is 20.0. The number of aromatic nitrogens is 1. The molecule has 0 N–H and O–H groups in total. The van der Waals surface area contributed by atoms with Crippen molar-refractivity contribution in [3.63, 3.8) is 0 Å². The molecule has 0 atom stereocenters. The van der Waals surface area contributed by atoms with E-state index in [0.717, 1.165) is 10.8 Å². The molecule has 0 aliphatic carbocycles. The van der Waals surface area contributed by atoms with Crippen molar-refractivity contribution >= 4 is 33.5 Å². The topological polar surface area (TPSA) is 4.93 Å². The molecule has 7 aromatic rings. The molecule has 6 aromatic carbocycles. The first-order chi connectivity index (χ1) is 25.1. The number of rotatable bonds is 6. The Hall–Kier alpha value is -5.92. The molecular formula is C51H43N. The highest BCUT2D eigenvalue weighted by Gasteiger charge is 2.43. The van der Waals surface area contributed by atoms with Crippen LogP contribution in [0.15, 0.2) is 158 Å². The van der Waals surface area contributed by atoms with E-state index >= 15 is 0 Å². The first-order valence-corrected chi connectivity index (χ1v) is 18.3. The molecule has 52 heavy (non-hydrogen) atoms. The fourth-order valence-electron chi connectivity index (χ4n) is 9.13. The Bertz CT molecular complexity index is 2820. The summed E-state index contributed by atoms with van der Waals surface area (Å²) in [7, 11) is 0. The van der Waals surface area contributed by atoms with Crippen molar-refractivity contribution in [3.8, 4) is 16.8 Å². The van der Waals surface area contributed by atoms with E-state index in [0.29, 0.717) is 0 Å². The van der Waals surface area contributed by atoms with E-state index in [9.17, 15) is 0 Å². The number of hydrogen-bond donors (Lipinski definition) is 0. The third kappa shape index (κ3) is 4.48. The van der Waals surface area contributed by atoms with Crippen molar-refractivity contribution in [2.75, 3.05) is 0 Å². The van der Waals surface area contributed by atoms with Gasteiger partial charge in [-0.15, -0.1) is 0 Å². The van der Waals surface area contributed by atoms with Gasteiger partial charge in [0.1, 0.15) is 0 Å². The van der Waals surface area contributed by atoms with Crippen molar-refractivity contribution in [2.24, 2.45) is 0 Å². The van der Waals surface area contributed by atoms with Gasteiger partial charge in [-0.3, -0.25) is 0 Å². The lowest BCUT2D eigenvalue weighted by Gasteiger charge is -2.42. The average Bonchev–Trinajstić information content (AvgIpc) is 3.48. The Labute approximate surface area is 306 Å². The van der Waals surface area contributed by atoms with Crippen LogP contribution in [0.25, 0.3) is 50.3 Å². The maximum absolute atomic E-state index is 4.10. The van der Waals surface area contributed by atoms with Gasteiger partial charge in [-0.1, -0.05) is 156 Å². The number of nitrogens with zero attached hydrogens (tertiary/aromatic N) is 1. The second-order valence-electron chi connectivity index (χ2n) is 15.5. The van der Waals surface area contributed by atoms with Gasteiger partial charge in [0.05, 0.1) is 16.7 Å². The monoisotopic (exact) mass is 669 g/mol. The molecule has 3 heterocycles. The SMILES string of the molecule is C=C/C=C(C=C)/C=c1\cccc\c1=C(/c1cc2c3c(c1)c1cc(-c4ccccc4)cc4c1n3-c1c(cccc1C4(C)C)C2(C)C)c1ccccc1C. The van der Waals surface area contributed by atoms with Crippen molar-refractivity contribution in [3.05, 3.63) is 208 Å². The number of benzene rings is 6. The minimum absolute atomic E-state index is 0.176. The summed E-state index contributed by atoms with van der Waals surface area (Å²) in [4.78, 5) is 0. The zero-order valence-electron chi connectivity index (χ0n) is 30.7. The standard InChI is InChI=1S/C51H43N/c1-8-18-33(9-2)27-35-22-14-16-24-39(35)46(38-23-15-13-19-32(38)3)37-29-41-40-28-36(34-20-11-10-12-21-34)30-44-47(40)52-48(41)45(31-37)51(6,7)43-26-17-25-42(49(43)52)50(44,4)5/h8-31H,1-2H2,3-7H3/b33-18+,35-27+,46-39-. The maximum Gasteiger partial charge on any atom is 0.0582 e. The van der Waals surface area contributed by atoms with E-state index in [1.54, 1.807) is 0 Å². The molecule has 0 fully saturated rings. The summed E-state index contributed by atoms with van der Waals surface area (Å²) in [6.07, 6.45) is 7.96. The lowest BCUT2D eigenvalue weighted by atomic mass is 9.68. The van der Waals surface area contributed by atoms with E-state index in [1.165, 1.54) is 88.4 Å². The molecular weight excluding hydrogens is 627 g/mol. The predicted molar refractivity (Wildman–Crippen MR) is 222 cm³/mol. The molecule has 1 heteroatoms. The molecule has 1 aromatic heterocycles. The number of allylic oxidation sites excluding steroid dienone is 4. The van der Waals surface area contributed by atoms with Crippen LogP contribution >= 0.6 is 0 Å². The summed E-state index contributed by atoms with van der Waals surface area (Å²) in [6, 6.07) is 45.4. The van der Waals surface area contributed by atoms with Gasteiger partial charge in [-0.2, -0.15) is 0 Å². The Morgan fingerprint density at radius 2 is 1.25 bits per heavy atom. The van der Waals surface area contributed by atoms with Crippen LogP contribution in [-0.2, 0) is 10.8 Å². The minimum atomic E-state index is -0.231. The number of para-hydroxylation sites is 1. The minimum Gasteiger partial charge on any atom is -0.308 e. The summed E-state index contributed by atoms with van der Waals surface area (Å²) >= 11 is 0. The smallest absolute Gasteiger partial charge is 0.0582 e. The average molecular weight is 670 g/mol.